The van der Waals surface area contributed by atoms with Gasteiger partial charge in [0.1, 0.15) is 0 Å². The topological polar surface area (TPSA) is 66.4 Å². The number of hydrogen-bond donors (Lipinski definition) is 2. The predicted octanol–water partition coefficient (Wildman–Crippen LogP) is 4.96. The molecule has 5 heteroatoms. The van der Waals surface area contributed by atoms with E-state index >= 15 is 0 Å². The van der Waals surface area contributed by atoms with Gasteiger partial charge < -0.3 is 10.4 Å². The van der Waals surface area contributed by atoms with Crippen LogP contribution in [-0.4, -0.2) is 17.0 Å². The Kier molecular flexibility index (Phi) is 4.82. The molecule has 0 aliphatic rings. The SMILES string of the molecule is O=C(O)c1ccc(Cl)cc1C(=O)Nc1cccc(-c2ccccc2)c1. The number of benzene rings is 3. The number of hydrogen-bond acceptors (Lipinski definition) is 2. The fourth-order valence-corrected chi connectivity index (χ4v) is 2.67. The van der Waals surface area contributed by atoms with Crippen LogP contribution >= 0.6 is 11.6 Å². The van der Waals surface area contributed by atoms with Crippen molar-refractivity contribution in [2.24, 2.45) is 0 Å². The van der Waals surface area contributed by atoms with Crippen LogP contribution in [0.3, 0.4) is 0 Å². The molecule has 0 bridgehead atoms. The van der Waals surface area contributed by atoms with Gasteiger partial charge >= 0.3 is 5.97 Å². The standard InChI is InChI=1S/C20H14ClNO3/c21-15-9-10-17(20(24)25)18(12-15)19(23)22-16-8-4-7-14(11-16)13-5-2-1-3-6-13/h1-12H,(H,22,23)(H,24,25). The van der Waals surface area contributed by atoms with E-state index in [4.69, 9.17) is 11.6 Å². The molecule has 0 saturated heterocycles. The first-order valence-corrected chi connectivity index (χ1v) is 7.92. The minimum atomic E-state index is -1.18. The van der Waals surface area contributed by atoms with Gasteiger partial charge in [-0.1, -0.05) is 54.1 Å². The van der Waals surface area contributed by atoms with Gasteiger partial charge in [0.2, 0.25) is 0 Å². The molecule has 1 amide bonds. The first kappa shape index (κ1) is 16.7. The second kappa shape index (κ2) is 7.20. The largest absolute Gasteiger partial charge is 0.478 e. The monoisotopic (exact) mass is 351 g/mol. The lowest BCUT2D eigenvalue weighted by Crippen LogP contribution is -2.16. The van der Waals surface area contributed by atoms with Gasteiger partial charge in [-0.15, -0.1) is 0 Å². The van der Waals surface area contributed by atoms with Crippen molar-refractivity contribution in [1.82, 2.24) is 0 Å². The van der Waals surface area contributed by atoms with E-state index in [1.807, 2.05) is 48.5 Å². The average Bonchev–Trinajstić information content (AvgIpc) is 2.62. The molecule has 0 unspecified atom stereocenters. The summed E-state index contributed by atoms with van der Waals surface area (Å²) in [5, 5.41) is 12.3. The highest BCUT2D eigenvalue weighted by atomic mass is 35.5. The third kappa shape index (κ3) is 3.87. The van der Waals surface area contributed by atoms with Crippen LogP contribution in [0.4, 0.5) is 5.69 Å². The quantitative estimate of drug-likeness (QED) is 0.698. The summed E-state index contributed by atoms with van der Waals surface area (Å²) in [6.07, 6.45) is 0. The van der Waals surface area contributed by atoms with Crippen LogP contribution in [0.2, 0.25) is 5.02 Å². The molecule has 0 atom stereocenters. The maximum absolute atomic E-state index is 12.5. The molecule has 0 heterocycles. The van der Waals surface area contributed by atoms with E-state index in [9.17, 15) is 14.7 Å². The number of carboxylic acid groups (broad SMARTS) is 1. The summed E-state index contributed by atoms with van der Waals surface area (Å²) >= 11 is 5.90. The molecule has 4 nitrogen and oxygen atoms in total. The van der Waals surface area contributed by atoms with Crippen LogP contribution in [-0.2, 0) is 0 Å². The Morgan fingerprint density at radius 2 is 1.52 bits per heavy atom. The van der Waals surface area contributed by atoms with Crippen molar-refractivity contribution >= 4 is 29.2 Å². The van der Waals surface area contributed by atoms with Gasteiger partial charge in [-0.2, -0.15) is 0 Å². The number of rotatable bonds is 4. The number of nitrogens with one attached hydrogen (secondary N) is 1. The highest BCUT2D eigenvalue weighted by molar-refractivity contribution is 6.31. The van der Waals surface area contributed by atoms with Crippen molar-refractivity contribution in [3.05, 3.63) is 88.9 Å². The minimum absolute atomic E-state index is 0.0186. The molecule has 0 aliphatic carbocycles. The minimum Gasteiger partial charge on any atom is -0.478 e. The van der Waals surface area contributed by atoms with Crippen LogP contribution in [0.15, 0.2) is 72.8 Å². The van der Waals surface area contributed by atoms with Crippen LogP contribution in [0.5, 0.6) is 0 Å². The maximum Gasteiger partial charge on any atom is 0.336 e. The Balaban J connectivity index is 1.90. The summed E-state index contributed by atoms with van der Waals surface area (Å²) in [5.41, 5.74) is 2.46. The van der Waals surface area contributed by atoms with E-state index in [-0.39, 0.29) is 11.1 Å². The summed E-state index contributed by atoms with van der Waals surface area (Å²) in [5.74, 6) is -1.70. The molecule has 0 fully saturated rings. The van der Waals surface area contributed by atoms with Crippen molar-refractivity contribution in [2.75, 3.05) is 5.32 Å². The van der Waals surface area contributed by atoms with Gasteiger partial charge in [0.15, 0.2) is 0 Å². The van der Waals surface area contributed by atoms with E-state index in [1.54, 1.807) is 6.07 Å². The van der Waals surface area contributed by atoms with Gasteiger partial charge in [-0.05, 0) is 41.5 Å². The van der Waals surface area contributed by atoms with E-state index in [0.717, 1.165) is 11.1 Å². The van der Waals surface area contributed by atoms with Crippen LogP contribution < -0.4 is 5.32 Å². The van der Waals surface area contributed by atoms with E-state index in [1.165, 1.54) is 18.2 Å². The average molecular weight is 352 g/mol. The number of amides is 1. The summed E-state index contributed by atoms with van der Waals surface area (Å²) in [6, 6.07) is 21.2. The smallest absolute Gasteiger partial charge is 0.336 e. The van der Waals surface area contributed by atoms with Crippen molar-refractivity contribution in [3.8, 4) is 11.1 Å². The first-order chi connectivity index (χ1) is 12.0. The van der Waals surface area contributed by atoms with Crippen LogP contribution in [0.25, 0.3) is 11.1 Å². The van der Waals surface area contributed by atoms with Crippen LogP contribution in [0, 0.1) is 0 Å². The third-order valence-corrected chi connectivity index (χ3v) is 3.92. The second-order valence-electron chi connectivity index (χ2n) is 5.40. The molecule has 0 spiro atoms. The summed E-state index contributed by atoms with van der Waals surface area (Å²) < 4.78 is 0. The van der Waals surface area contributed by atoms with E-state index in [2.05, 4.69) is 5.32 Å². The van der Waals surface area contributed by atoms with E-state index in [0.29, 0.717) is 10.7 Å². The molecule has 25 heavy (non-hydrogen) atoms. The summed E-state index contributed by atoms with van der Waals surface area (Å²) in [7, 11) is 0. The Labute approximate surface area is 149 Å². The lowest BCUT2D eigenvalue weighted by Gasteiger charge is -2.10. The molecule has 3 rings (SSSR count). The number of carbonyl (C=O) groups is 2. The molecular formula is C20H14ClNO3. The summed E-state index contributed by atoms with van der Waals surface area (Å²) in [6.45, 7) is 0. The van der Waals surface area contributed by atoms with Gasteiger partial charge in [0.25, 0.3) is 5.91 Å². The molecule has 3 aromatic rings. The highest BCUT2D eigenvalue weighted by Crippen LogP contribution is 2.23. The molecule has 0 radical (unpaired) electrons. The normalized spacial score (nSPS) is 10.3. The number of anilines is 1. The number of carbonyl (C=O) groups excluding carboxylic acids is 1. The molecule has 2 N–H and O–H groups in total. The molecule has 0 aliphatic heterocycles. The second-order valence-corrected chi connectivity index (χ2v) is 5.83. The summed E-state index contributed by atoms with van der Waals surface area (Å²) in [4.78, 5) is 23.8. The van der Waals surface area contributed by atoms with Crippen molar-refractivity contribution < 1.29 is 14.7 Å². The van der Waals surface area contributed by atoms with Crippen molar-refractivity contribution in [3.63, 3.8) is 0 Å². The lowest BCUT2D eigenvalue weighted by molar-refractivity contribution is 0.0692. The highest BCUT2D eigenvalue weighted by Gasteiger charge is 2.17. The molecule has 3 aromatic carbocycles. The van der Waals surface area contributed by atoms with E-state index < -0.39 is 11.9 Å². The maximum atomic E-state index is 12.5. The Morgan fingerprint density at radius 1 is 0.800 bits per heavy atom. The van der Waals surface area contributed by atoms with Crippen LogP contribution in [0.1, 0.15) is 20.7 Å². The van der Waals surface area contributed by atoms with Gasteiger partial charge in [0.05, 0.1) is 11.1 Å². The van der Waals surface area contributed by atoms with Crippen molar-refractivity contribution in [2.45, 2.75) is 0 Å². The number of carboxylic acids is 1. The molecule has 124 valence electrons. The predicted molar refractivity (Wildman–Crippen MR) is 98.2 cm³/mol. The number of halogens is 1. The molecule has 0 aromatic heterocycles. The molecular weight excluding hydrogens is 338 g/mol. The Hall–Kier alpha value is -3.11. The van der Waals surface area contributed by atoms with Crippen molar-refractivity contribution in [1.29, 1.82) is 0 Å². The zero-order valence-corrected chi connectivity index (χ0v) is 13.8. The molecule has 0 saturated carbocycles. The van der Waals surface area contributed by atoms with Gasteiger partial charge in [-0.25, -0.2) is 4.79 Å². The third-order valence-electron chi connectivity index (χ3n) is 3.68. The van der Waals surface area contributed by atoms with Gasteiger partial charge in [0, 0.05) is 10.7 Å². The lowest BCUT2D eigenvalue weighted by atomic mass is 10.0. The Morgan fingerprint density at radius 3 is 2.24 bits per heavy atom. The first-order valence-electron chi connectivity index (χ1n) is 7.54. The zero-order valence-electron chi connectivity index (χ0n) is 13.1. The fourth-order valence-electron chi connectivity index (χ4n) is 2.50. The zero-order chi connectivity index (χ0) is 17.8. The fraction of sp³-hybridized carbons (Fsp3) is 0. The Bertz CT molecular complexity index is 939. The number of aromatic carboxylic acids is 1. The van der Waals surface area contributed by atoms with Gasteiger partial charge in [-0.3, -0.25) is 4.79 Å².